The van der Waals surface area contributed by atoms with Crippen LogP contribution in [0.2, 0.25) is 0 Å². The van der Waals surface area contributed by atoms with E-state index in [0.29, 0.717) is 54.7 Å². The van der Waals surface area contributed by atoms with Crippen molar-refractivity contribution < 1.29 is 28.6 Å². The fourth-order valence-electron chi connectivity index (χ4n) is 8.33. The molecule has 1 aromatic heterocycles. The number of esters is 3. The highest BCUT2D eigenvalue weighted by atomic mass is 16.5. The molecule has 1 heterocycles. The lowest BCUT2D eigenvalue weighted by Crippen LogP contribution is -2.28. The zero-order valence-corrected chi connectivity index (χ0v) is 46.7. The van der Waals surface area contributed by atoms with Crippen molar-refractivity contribution in [1.29, 1.82) is 0 Å². The van der Waals surface area contributed by atoms with Gasteiger partial charge in [-0.05, 0) is 85.6 Å². The minimum atomic E-state index is -0.358. The predicted octanol–water partition coefficient (Wildman–Crippen LogP) is 12.3. The molecule has 4 rings (SSSR count). The van der Waals surface area contributed by atoms with Gasteiger partial charge in [-0.15, -0.1) is 0 Å². The van der Waals surface area contributed by atoms with Gasteiger partial charge in [-0.1, -0.05) is 125 Å². The lowest BCUT2D eigenvalue weighted by molar-refractivity contribution is -0.133. The molecular weight excluding hydrogens is 865 g/mol. The minimum Gasteiger partial charge on any atom is -0.426 e. The number of carbonyl (C=O) groups is 3. The fraction of sp³-hybridized carbons (Fsp3) is 0.579. The van der Waals surface area contributed by atoms with E-state index in [4.69, 9.17) is 29.2 Å². The number of benzene rings is 3. The Balaban J connectivity index is 1.96. The topological polar surface area (TPSA) is 127 Å². The highest BCUT2D eigenvalue weighted by Crippen LogP contribution is 2.44. The molecule has 0 amide bonds. The van der Waals surface area contributed by atoms with E-state index < -0.39 is 0 Å². The molecular formula is C57H84N6O6. The van der Waals surface area contributed by atoms with Crippen molar-refractivity contribution in [3.63, 3.8) is 0 Å². The largest absolute Gasteiger partial charge is 0.426 e. The maximum atomic E-state index is 12.5. The van der Waals surface area contributed by atoms with E-state index in [-0.39, 0.29) is 50.4 Å². The van der Waals surface area contributed by atoms with Gasteiger partial charge in [0.15, 0.2) is 0 Å². The van der Waals surface area contributed by atoms with Crippen LogP contribution < -0.4 is 28.9 Å². The number of rotatable bonds is 12. The number of carbonyl (C=O) groups excluding carboxylic acids is 3. The van der Waals surface area contributed by atoms with Crippen LogP contribution in [0.1, 0.15) is 195 Å². The van der Waals surface area contributed by atoms with Crippen molar-refractivity contribution in [1.82, 2.24) is 15.0 Å². The van der Waals surface area contributed by atoms with Crippen LogP contribution in [-0.2, 0) is 66.5 Å². The molecule has 0 N–H and O–H groups in total. The van der Waals surface area contributed by atoms with E-state index in [1.807, 2.05) is 35.8 Å². The summed E-state index contributed by atoms with van der Waals surface area (Å²) in [6.07, 6.45) is 0. The average Bonchev–Trinajstić information content (AvgIpc) is 3.15. The molecule has 3 aromatic carbocycles. The Bertz CT molecular complexity index is 2160. The van der Waals surface area contributed by atoms with Crippen LogP contribution >= 0.6 is 0 Å². The Morgan fingerprint density at radius 3 is 0.652 bits per heavy atom. The molecule has 0 unspecified atom stereocenters. The van der Waals surface area contributed by atoms with E-state index in [2.05, 4.69) is 161 Å². The quantitative estimate of drug-likeness (QED) is 0.0991. The monoisotopic (exact) mass is 949 g/mol. The number of hydrogen-bond donors (Lipinski definition) is 0. The van der Waals surface area contributed by atoms with Crippen LogP contribution in [0.4, 0.5) is 17.8 Å². The Labute approximate surface area is 415 Å². The first-order chi connectivity index (χ1) is 31.2. The second kappa shape index (κ2) is 20.1. The number of anilines is 3. The van der Waals surface area contributed by atoms with Gasteiger partial charge < -0.3 is 28.9 Å². The molecule has 0 atom stereocenters. The minimum absolute atomic E-state index is 0.329. The lowest BCUT2D eigenvalue weighted by Gasteiger charge is -2.31. The number of ether oxygens (including phenoxy) is 3. The smallest absolute Gasteiger partial charge is 0.308 e. The fourth-order valence-corrected chi connectivity index (χ4v) is 8.33. The Hall–Kier alpha value is -5.52. The molecule has 0 radical (unpaired) electrons. The summed E-state index contributed by atoms with van der Waals surface area (Å²) in [5, 5.41) is 0. The number of hydrogen-bond acceptors (Lipinski definition) is 12. The summed E-state index contributed by atoms with van der Waals surface area (Å²) in [7, 11) is 5.94. The summed E-state index contributed by atoms with van der Waals surface area (Å²) in [4.78, 5) is 59.0. The predicted molar refractivity (Wildman–Crippen MR) is 282 cm³/mol. The lowest BCUT2D eigenvalue weighted by atomic mass is 9.78. The second-order valence-electron chi connectivity index (χ2n) is 25.1. The SMILES string of the molecule is CC(=O)Oc1c(C(C)(C)C)cc(CN(C)c2nc(N(C)Cc3cc(C(C)(C)C)c(OC(C)=O)c(C(C)(C)C)c3)nc(N(C)Cc3cc(C(C)(C)C)c(OC(C)=O)c(C(C)(C)C)c3)n2)cc1C(C)(C)C. The Kier molecular flexibility index (Phi) is 16.3. The summed E-state index contributed by atoms with van der Waals surface area (Å²) < 4.78 is 17.9. The highest BCUT2D eigenvalue weighted by Gasteiger charge is 2.33. The maximum Gasteiger partial charge on any atom is 0.308 e. The molecule has 0 saturated carbocycles. The van der Waals surface area contributed by atoms with Gasteiger partial charge in [0, 0.05) is 94.9 Å². The van der Waals surface area contributed by atoms with Crippen molar-refractivity contribution in [2.75, 3.05) is 35.8 Å². The van der Waals surface area contributed by atoms with E-state index in [1.165, 1.54) is 20.8 Å². The first-order valence-corrected chi connectivity index (χ1v) is 24.2. The zero-order valence-electron chi connectivity index (χ0n) is 46.7. The summed E-state index contributed by atoms with van der Waals surface area (Å²) >= 11 is 0. The van der Waals surface area contributed by atoms with Gasteiger partial charge >= 0.3 is 17.9 Å². The van der Waals surface area contributed by atoms with Crippen molar-refractivity contribution >= 4 is 35.8 Å². The maximum absolute atomic E-state index is 12.5. The molecule has 12 heteroatoms. The number of nitrogens with zero attached hydrogens (tertiary/aromatic N) is 6. The normalized spacial score (nSPS) is 12.7. The van der Waals surface area contributed by atoms with Gasteiger partial charge in [-0.3, -0.25) is 14.4 Å². The Morgan fingerprint density at radius 1 is 0.362 bits per heavy atom. The first kappa shape index (κ1) is 56.1. The molecule has 12 nitrogen and oxygen atoms in total. The van der Waals surface area contributed by atoms with Crippen LogP contribution in [0.15, 0.2) is 36.4 Å². The van der Waals surface area contributed by atoms with Gasteiger partial charge in [0.05, 0.1) is 0 Å². The molecule has 0 spiro atoms. The van der Waals surface area contributed by atoms with Crippen LogP contribution in [0, 0.1) is 0 Å². The molecule has 0 saturated heterocycles. The van der Waals surface area contributed by atoms with Crippen LogP contribution in [0.3, 0.4) is 0 Å². The molecule has 0 fully saturated rings. The number of aromatic nitrogens is 3. The molecule has 4 aromatic rings. The molecule has 0 bridgehead atoms. The molecule has 0 aliphatic carbocycles. The van der Waals surface area contributed by atoms with Crippen LogP contribution in [-0.4, -0.2) is 54.0 Å². The summed E-state index contributed by atoms with van der Waals surface area (Å²) in [5.74, 6) is 2.17. The van der Waals surface area contributed by atoms with E-state index in [0.717, 1.165) is 50.1 Å². The third-order valence-corrected chi connectivity index (χ3v) is 11.9. The highest BCUT2D eigenvalue weighted by molar-refractivity contribution is 5.73. The van der Waals surface area contributed by atoms with Gasteiger partial charge in [0.25, 0.3) is 0 Å². The second-order valence-corrected chi connectivity index (χ2v) is 25.1. The van der Waals surface area contributed by atoms with Crippen molar-refractivity contribution in [3.05, 3.63) is 86.5 Å². The molecule has 378 valence electrons. The summed E-state index contributed by atoms with van der Waals surface area (Å²) in [5.41, 5.74) is 6.73. The standard InChI is InChI=1S/C57H84N6O6/c1-34(64)67-46-40(52(4,5)6)25-37(26-41(46)53(7,8)9)31-61(22)49-58-50(62(23)32-38-27-42(54(10,11)12)47(68-35(2)65)43(28-38)55(13,14)15)60-51(59-49)63(24)33-39-29-44(56(16,17)18)48(69-36(3)66)45(30-39)57(19,20)21/h25-30H,31-33H2,1-24H3. The van der Waals surface area contributed by atoms with Crippen molar-refractivity contribution in [3.8, 4) is 17.2 Å². The molecule has 69 heavy (non-hydrogen) atoms. The first-order valence-electron chi connectivity index (χ1n) is 24.2. The van der Waals surface area contributed by atoms with E-state index in [9.17, 15) is 14.4 Å². The van der Waals surface area contributed by atoms with E-state index in [1.54, 1.807) is 0 Å². The average molecular weight is 949 g/mol. The van der Waals surface area contributed by atoms with Crippen molar-refractivity contribution in [2.24, 2.45) is 0 Å². The van der Waals surface area contributed by atoms with Gasteiger partial charge in [0.1, 0.15) is 17.2 Å². The van der Waals surface area contributed by atoms with Crippen LogP contribution in [0.5, 0.6) is 17.2 Å². The van der Waals surface area contributed by atoms with Crippen LogP contribution in [0.25, 0.3) is 0 Å². The zero-order chi connectivity index (χ0) is 52.7. The van der Waals surface area contributed by atoms with E-state index >= 15 is 0 Å². The van der Waals surface area contributed by atoms with Gasteiger partial charge in [-0.25, -0.2) is 0 Å². The van der Waals surface area contributed by atoms with Crippen molar-refractivity contribution in [2.45, 2.75) is 198 Å². The molecule has 0 aliphatic rings. The Morgan fingerprint density at radius 2 is 0.522 bits per heavy atom. The summed E-state index contributed by atoms with van der Waals surface area (Å²) in [6, 6.07) is 12.8. The third kappa shape index (κ3) is 14.3. The van der Waals surface area contributed by atoms with Gasteiger partial charge in [0.2, 0.25) is 17.8 Å². The third-order valence-electron chi connectivity index (χ3n) is 11.9. The molecule has 0 aliphatic heterocycles. The summed E-state index contributed by atoms with van der Waals surface area (Å²) in [6.45, 7) is 44.0. The van der Waals surface area contributed by atoms with Gasteiger partial charge in [-0.2, -0.15) is 15.0 Å².